The Bertz CT molecular complexity index is 369. The van der Waals surface area contributed by atoms with Crippen LogP contribution in [0.2, 0.25) is 0 Å². The van der Waals surface area contributed by atoms with Crippen LogP contribution in [0.1, 0.15) is 91.0 Å². The molecule has 0 aliphatic heterocycles. The summed E-state index contributed by atoms with van der Waals surface area (Å²) in [5.41, 5.74) is 3.20. The summed E-state index contributed by atoms with van der Waals surface area (Å²) in [7, 11) is 0. The normalized spacial score (nSPS) is 34.9. The van der Waals surface area contributed by atoms with E-state index in [0.29, 0.717) is 0 Å². The quantitative estimate of drug-likeness (QED) is 0.558. The van der Waals surface area contributed by atoms with E-state index < -0.39 is 0 Å². The Balaban J connectivity index is 0.00000121. The van der Waals surface area contributed by atoms with Crippen LogP contribution in [0.15, 0.2) is 24.3 Å². The lowest BCUT2D eigenvalue weighted by Gasteiger charge is -2.28. The van der Waals surface area contributed by atoms with E-state index in [9.17, 15) is 0 Å². The van der Waals surface area contributed by atoms with Gasteiger partial charge in [0.15, 0.2) is 0 Å². The fourth-order valence-corrected chi connectivity index (χ4v) is 4.23. The van der Waals surface area contributed by atoms with Crippen molar-refractivity contribution in [2.45, 2.75) is 77.0 Å². The molecule has 2 aliphatic rings. The molecule has 3 rings (SSSR count). The SMILES string of the molecule is CC1CCC(c2ccc(C3CCC(C)CC3)cc2)CC1.[HH].[HH]. The third kappa shape index (κ3) is 3.27. The second-order valence-electron chi connectivity index (χ2n) is 7.58. The molecule has 0 nitrogen and oxygen atoms in total. The Morgan fingerprint density at radius 2 is 0.900 bits per heavy atom. The highest BCUT2D eigenvalue weighted by atomic mass is 14.3. The minimum atomic E-state index is 0. The summed E-state index contributed by atoms with van der Waals surface area (Å²) in [4.78, 5) is 0. The maximum atomic E-state index is 2.44. The van der Waals surface area contributed by atoms with Crippen LogP contribution in [-0.2, 0) is 0 Å². The molecular weight excluding hydrogens is 240 g/mol. The van der Waals surface area contributed by atoms with E-state index in [4.69, 9.17) is 0 Å². The predicted octanol–water partition coefficient (Wildman–Crippen LogP) is 6.77. The third-order valence-corrected chi connectivity index (χ3v) is 5.91. The third-order valence-electron chi connectivity index (χ3n) is 5.91. The summed E-state index contributed by atoms with van der Waals surface area (Å²) in [6.45, 7) is 4.81. The first-order valence-corrected chi connectivity index (χ1v) is 8.82. The lowest BCUT2D eigenvalue weighted by atomic mass is 9.77. The first kappa shape index (κ1) is 14.2. The van der Waals surface area contributed by atoms with Crippen LogP contribution < -0.4 is 0 Å². The Morgan fingerprint density at radius 3 is 1.20 bits per heavy atom. The molecule has 2 saturated carbocycles. The van der Waals surface area contributed by atoms with E-state index in [0.717, 1.165) is 23.7 Å². The van der Waals surface area contributed by atoms with E-state index in [2.05, 4.69) is 38.1 Å². The van der Waals surface area contributed by atoms with E-state index in [1.54, 1.807) is 11.1 Å². The molecular formula is C20H34. The van der Waals surface area contributed by atoms with Crippen LogP contribution >= 0.6 is 0 Å². The van der Waals surface area contributed by atoms with Crippen molar-refractivity contribution in [2.75, 3.05) is 0 Å². The predicted molar refractivity (Wildman–Crippen MR) is 91.4 cm³/mol. The van der Waals surface area contributed by atoms with Crippen molar-refractivity contribution in [3.8, 4) is 0 Å². The average molecular weight is 274 g/mol. The number of benzene rings is 1. The van der Waals surface area contributed by atoms with Crippen LogP contribution in [0.5, 0.6) is 0 Å². The van der Waals surface area contributed by atoms with Crippen molar-refractivity contribution >= 4 is 0 Å². The molecule has 0 heterocycles. The van der Waals surface area contributed by atoms with E-state index in [-0.39, 0.29) is 2.85 Å². The summed E-state index contributed by atoms with van der Waals surface area (Å²) in [6.07, 6.45) is 11.3. The zero-order valence-corrected chi connectivity index (χ0v) is 13.3. The van der Waals surface area contributed by atoms with Crippen LogP contribution in [-0.4, -0.2) is 0 Å². The van der Waals surface area contributed by atoms with Gasteiger partial charge in [-0.2, -0.15) is 0 Å². The molecule has 2 fully saturated rings. The molecule has 0 atom stereocenters. The molecule has 0 N–H and O–H groups in total. The number of hydrogen-bond donors (Lipinski definition) is 0. The van der Waals surface area contributed by atoms with Gasteiger partial charge in [-0.15, -0.1) is 0 Å². The van der Waals surface area contributed by atoms with Crippen LogP contribution in [0.25, 0.3) is 0 Å². The maximum absolute atomic E-state index is 2.44. The summed E-state index contributed by atoms with van der Waals surface area (Å²) < 4.78 is 0. The monoisotopic (exact) mass is 274 g/mol. The molecule has 1 aromatic carbocycles. The highest BCUT2D eigenvalue weighted by molar-refractivity contribution is 5.28. The minimum absolute atomic E-state index is 0. The smallest absolute Gasteiger partial charge is 0 e. The van der Waals surface area contributed by atoms with Gasteiger partial charge in [-0.05, 0) is 60.5 Å². The van der Waals surface area contributed by atoms with Crippen LogP contribution in [0.3, 0.4) is 0 Å². The molecule has 0 unspecified atom stereocenters. The van der Waals surface area contributed by atoms with Gasteiger partial charge in [-0.1, -0.05) is 63.8 Å². The lowest BCUT2D eigenvalue weighted by molar-refractivity contribution is 0.345. The standard InChI is InChI=1S/C20H30.2H2/c1-15-3-7-17(8-4-15)19-11-13-20(14-12-19)18-9-5-16(2)6-10-18;;/h11-18H,3-10H2,1-2H3;2*1H. The minimum Gasteiger partial charge on any atom is -0.0625 e. The van der Waals surface area contributed by atoms with Crippen molar-refractivity contribution in [1.82, 2.24) is 0 Å². The Morgan fingerprint density at radius 1 is 0.600 bits per heavy atom. The average Bonchev–Trinajstić information content (AvgIpc) is 2.49. The molecule has 0 heteroatoms. The summed E-state index contributed by atoms with van der Waals surface area (Å²) >= 11 is 0. The summed E-state index contributed by atoms with van der Waals surface area (Å²) in [5.74, 6) is 3.59. The Labute approximate surface area is 127 Å². The Kier molecular flexibility index (Phi) is 4.48. The zero-order chi connectivity index (χ0) is 13.9. The Hall–Kier alpha value is -0.780. The molecule has 0 saturated heterocycles. The molecule has 0 spiro atoms. The van der Waals surface area contributed by atoms with Gasteiger partial charge in [-0.3, -0.25) is 0 Å². The van der Waals surface area contributed by atoms with Crippen molar-refractivity contribution < 1.29 is 2.85 Å². The fourth-order valence-electron chi connectivity index (χ4n) is 4.23. The summed E-state index contributed by atoms with van der Waals surface area (Å²) in [5, 5.41) is 0. The molecule has 2 aliphatic carbocycles. The van der Waals surface area contributed by atoms with Crippen LogP contribution in [0, 0.1) is 11.8 Å². The second kappa shape index (κ2) is 6.33. The largest absolute Gasteiger partial charge is 0.0625 e. The van der Waals surface area contributed by atoms with Gasteiger partial charge in [0, 0.05) is 2.85 Å². The molecule has 0 bridgehead atoms. The molecule has 20 heavy (non-hydrogen) atoms. The topological polar surface area (TPSA) is 0 Å². The van der Waals surface area contributed by atoms with Crippen molar-refractivity contribution in [3.63, 3.8) is 0 Å². The number of hydrogen-bond acceptors (Lipinski definition) is 0. The maximum Gasteiger partial charge on any atom is 0 e. The highest BCUT2D eigenvalue weighted by Crippen LogP contribution is 2.38. The van der Waals surface area contributed by atoms with Crippen molar-refractivity contribution in [1.29, 1.82) is 0 Å². The van der Waals surface area contributed by atoms with E-state index in [1.165, 1.54) is 51.4 Å². The lowest BCUT2D eigenvalue weighted by Crippen LogP contribution is -2.12. The van der Waals surface area contributed by atoms with Gasteiger partial charge >= 0.3 is 0 Å². The van der Waals surface area contributed by atoms with Gasteiger partial charge in [0.05, 0.1) is 0 Å². The van der Waals surface area contributed by atoms with Gasteiger partial charge < -0.3 is 0 Å². The number of rotatable bonds is 2. The van der Waals surface area contributed by atoms with Crippen LogP contribution in [0.4, 0.5) is 0 Å². The molecule has 0 aromatic heterocycles. The van der Waals surface area contributed by atoms with Gasteiger partial charge in [0.2, 0.25) is 0 Å². The molecule has 1 aromatic rings. The molecule has 114 valence electrons. The van der Waals surface area contributed by atoms with Gasteiger partial charge in [0.1, 0.15) is 0 Å². The second-order valence-corrected chi connectivity index (χ2v) is 7.58. The van der Waals surface area contributed by atoms with E-state index in [1.807, 2.05) is 0 Å². The first-order chi connectivity index (χ1) is 9.72. The highest BCUT2D eigenvalue weighted by Gasteiger charge is 2.22. The molecule has 0 radical (unpaired) electrons. The molecule has 0 amide bonds. The van der Waals surface area contributed by atoms with Crippen molar-refractivity contribution in [3.05, 3.63) is 35.4 Å². The van der Waals surface area contributed by atoms with Gasteiger partial charge in [-0.25, -0.2) is 0 Å². The van der Waals surface area contributed by atoms with Gasteiger partial charge in [0.25, 0.3) is 0 Å². The van der Waals surface area contributed by atoms with E-state index >= 15 is 0 Å². The first-order valence-electron chi connectivity index (χ1n) is 8.82. The fraction of sp³-hybridized carbons (Fsp3) is 0.700. The van der Waals surface area contributed by atoms with Crippen molar-refractivity contribution in [2.24, 2.45) is 11.8 Å². The summed E-state index contributed by atoms with van der Waals surface area (Å²) in [6, 6.07) is 9.75. The zero-order valence-electron chi connectivity index (χ0n) is 13.3.